The molecule has 106 valence electrons. The normalized spacial score (nSPS) is 11.4. The fourth-order valence-corrected chi connectivity index (χ4v) is 3.51. The largest absolute Gasteiger partial charge is 0.572 e. The summed E-state index contributed by atoms with van der Waals surface area (Å²) in [4.78, 5) is -0.133. The fourth-order valence-electron chi connectivity index (χ4n) is 1.55. The predicted octanol–water partition coefficient (Wildman–Crippen LogP) is 5.35. The maximum Gasteiger partial charge on any atom is 0.124 e. The van der Waals surface area contributed by atoms with Gasteiger partial charge < -0.3 is 4.72 Å². The monoisotopic (exact) mass is 348 g/mol. The molecule has 0 N–H and O–H groups in total. The summed E-state index contributed by atoms with van der Waals surface area (Å²) in [6.07, 6.45) is 0. The van der Waals surface area contributed by atoms with E-state index in [0.29, 0.717) is 10.6 Å². The zero-order chi connectivity index (χ0) is 14.9. The maximum atomic E-state index is 12.3. The summed E-state index contributed by atoms with van der Waals surface area (Å²) in [6.45, 7) is 1.69. The van der Waals surface area contributed by atoms with E-state index in [4.69, 9.17) is 34.8 Å². The molecule has 0 saturated heterocycles. The van der Waals surface area contributed by atoms with Gasteiger partial charge in [0.2, 0.25) is 0 Å². The highest BCUT2D eigenvalue weighted by Gasteiger charge is 2.11. The van der Waals surface area contributed by atoms with Crippen molar-refractivity contribution in [3.63, 3.8) is 0 Å². The number of benzene rings is 2. The Kier molecular flexibility index (Phi) is 4.49. The number of rotatable bonds is 3. The van der Waals surface area contributed by atoms with Crippen LogP contribution in [-0.4, -0.2) is 8.42 Å². The average molecular weight is 350 g/mol. The molecule has 2 aromatic carbocycles. The summed E-state index contributed by atoms with van der Waals surface area (Å²) < 4.78 is 28.3. The number of sulfonamides is 1. The molecule has 0 spiro atoms. The molecular formula is C13H9Cl3NO2S-. The molecule has 0 aromatic heterocycles. The van der Waals surface area contributed by atoms with Crippen molar-refractivity contribution in [2.24, 2.45) is 0 Å². The number of nitrogens with zero attached hydrogens (tertiary/aromatic N) is 1. The second-order valence-electron chi connectivity index (χ2n) is 4.03. The van der Waals surface area contributed by atoms with E-state index in [0.717, 1.165) is 0 Å². The minimum Gasteiger partial charge on any atom is -0.572 e. The van der Waals surface area contributed by atoms with Gasteiger partial charge in [0, 0.05) is 10.0 Å². The van der Waals surface area contributed by atoms with E-state index in [1.165, 1.54) is 18.2 Å². The Morgan fingerprint density at radius 1 is 1.00 bits per heavy atom. The second kappa shape index (κ2) is 5.82. The lowest BCUT2D eigenvalue weighted by Gasteiger charge is -2.25. The molecule has 0 amide bonds. The van der Waals surface area contributed by atoms with Gasteiger partial charge in [0.25, 0.3) is 0 Å². The molecule has 0 aliphatic heterocycles. The third-order valence-corrected chi connectivity index (χ3v) is 5.05. The Morgan fingerprint density at radius 2 is 1.70 bits per heavy atom. The van der Waals surface area contributed by atoms with Gasteiger partial charge in [0.1, 0.15) is 10.0 Å². The van der Waals surface area contributed by atoms with E-state index in [1.807, 2.05) is 0 Å². The first-order chi connectivity index (χ1) is 9.31. The van der Waals surface area contributed by atoms with Crippen LogP contribution in [0, 0.1) is 6.92 Å². The second-order valence-corrected chi connectivity index (χ2v) is 6.85. The molecule has 0 radical (unpaired) electrons. The molecule has 2 rings (SSSR count). The highest BCUT2D eigenvalue weighted by Crippen LogP contribution is 2.36. The van der Waals surface area contributed by atoms with E-state index in [9.17, 15) is 8.42 Å². The van der Waals surface area contributed by atoms with E-state index < -0.39 is 10.0 Å². The minimum absolute atomic E-state index is 0.0674. The summed E-state index contributed by atoms with van der Waals surface area (Å²) in [5.74, 6) is 0. The van der Waals surface area contributed by atoms with Crippen molar-refractivity contribution >= 4 is 50.5 Å². The van der Waals surface area contributed by atoms with Crippen LogP contribution < -0.4 is 0 Å². The molecule has 0 fully saturated rings. The average Bonchev–Trinajstić information content (AvgIpc) is 2.37. The number of halogens is 3. The molecule has 2 aromatic rings. The SMILES string of the molecule is Cc1c(Cl)cccc1[N-]S(=O)(=O)c1cc(Cl)ccc1Cl. The van der Waals surface area contributed by atoms with E-state index in [-0.39, 0.29) is 20.6 Å². The van der Waals surface area contributed by atoms with Gasteiger partial charge in [0.05, 0.1) is 9.92 Å². The van der Waals surface area contributed by atoms with Crippen LogP contribution in [0.2, 0.25) is 15.1 Å². The molecule has 0 atom stereocenters. The summed E-state index contributed by atoms with van der Waals surface area (Å²) in [5.41, 5.74) is 0.851. The summed E-state index contributed by atoms with van der Waals surface area (Å²) in [5, 5.41) is 0.780. The van der Waals surface area contributed by atoms with Gasteiger partial charge in [-0.05, 0) is 36.8 Å². The molecule has 0 unspecified atom stereocenters. The molecule has 0 aliphatic rings. The van der Waals surface area contributed by atoms with Crippen molar-refractivity contribution < 1.29 is 8.42 Å². The van der Waals surface area contributed by atoms with Crippen LogP contribution in [0.3, 0.4) is 0 Å². The van der Waals surface area contributed by atoms with E-state index in [1.54, 1.807) is 25.1 Å². The van der Waals surface area contributed by atoms with Crippen molar-refractivity contribution in [3.05, 3.63) is 61.8 Å². The zero-order valence-corrected chi connectivity index (χ0v) is 13.4. The van der Waals surface area contributed by atoms with Crippen molar-refractivity contribution in [2.45, 2.75) is 11.8 Å². The van der Waals surface area contributed by atoms with Crippen LogP contribution in [-0.2, 0) is 10.0 Å². The number of hydrogen-bond acceptors (Lipinski definition) is 2. The topological polar surface area (TPSA) is 48.2 Å². The lowest BCUT2D eigenvalue weighted by molar-refractivity contribution is 0.603. The minimum atomic E-state index is -3.96. The zero-order valence-electron chi connectivity index (χ0n) is 10.3. The van der Waals surface area contributed by atoms with Gasteiger partial charge in [-0.1, -0.05) is 46.9 Å². The molecule has 0 heterocycles. The van der Waals surface area contributed by atoms with Crippen molar-refractivity contribution in [1.82, 2.24) is 0 Å². The quantitative estimate of drug-likeness (QED) is 0.750. The van der Waals surface area contributed by atoms with E-state index in [2.05, 4.69) is 4.72 Å². The van der Waals surface area contributed by atoms with Crippen molar-refractivity contribution in [1.29, 1.82) is 0 Å². The third-order valence-electron chi connectivity index (χ3n) is 2.63. The molecule has 0 saturated carbocycles. The van der Waals surface area contributed by atoms with Crippen LogP contribution in [0.1, 0.15) is 5.56 Å². The fraction of sp³-hybridized carbons (Fsp3) is 0.0769. The molecular weight excluding hydrogens is 341 g/mol. The molecule has 3 nitrogen and oxygen atoms in total. The van der Waals surface area contributed by atoms with Crippen LogP contribution in [0.25, 0.3) is 4.72 Å². The first-order valence-corrected chi connectivity index (χ1v) is 8.07. The Balaban J connectivity index is 2.46. The Hall–Kier alpha value is -0.940. The lowest BCUT2D eigenvalue weighted by Crippen LogP contribution is -1.99. The lowest BCUT2D eigenvalue weighted by atomic mass is 10.2. The van der Waals surface area contributed by atoms with Gasteiger partial charge in [-0.25, -0.2) is 8.42 Å². The standard InChI is InChI=1S/C13H9Cl3NO2S/c1-8-10(15)3-2-4-12(8)17-20(18,19)13-7-9(14)5-6-11(13)16/h2-7H,1H3/q-1. The van der Waals surface area contributed by atoms with Crippen LogP contribution in [0.15, 0.2) is 41.3 Å². The highest BCUT2D eigenvalue weighted by molar-refractivity contribution is 7.94. The van der Waals surface area contributed by atoms with Gasteiger partial charge in [-0.3, -0.25) is 0 Å². The summed E-state index contributed by atoms with van der Waals surface area (Å²) in [7, 11) is -3.96. The van der Waals surface area contributed by atoms with Gasteiger partial charge in [-0.15, -0.1) is 5.69 Å². The Bertz CT molecular complexity index is 760. The molecule has 0 bridgehead atoms. The highest BCUT2D eigenvalue weighted by atomic mass is 35.5. The number of hydrogen-bond donors (Lipinski definition) is 0. The van der Waals surface area contributed by atoms with Gasteiger partial charge in [0.15, 0.2) is 0 Å². The molecule has 7 heteroatoms. The van der Waals surface area contributed by atoms with Crippen molar-refractivity contribution in [2.75, 3.05) is 0 Å². The molecule has 20 heavy (non-hydrogen) atoms. The van der Waals surface area contributed by atoms with Crippen LogP contribution >= 0.6 is 34.8 Å². The first-order valence-electron chi connectivity index (χ1n) is 5.49. The van der Waals surface area contributed by atoms with Crippen molar-refractivity contribution in [3.8, 4) is 0 Å². The first kappa shape index (κ1) is 15.4. The summed E-state index contributed by atoms with van der Waals surface area (Å²) >= 11 is 17.6. The maximum absolute atomic E-state index is 12.3. The van der Waals surface area contributed by atoms with Crippen LogP contribution in [0.5, 0.6) is 0 Å². The predicted molar refractivity (Wildman–Crippen MR) is 82.9 cm³/mol. The Labute approximate surface area is 132 Å². The Morgan fingerprint density at radius 3 is 2.40 bits per heavy atom. The van der Waals surface area contributed by atoms with E-state index >= 15 is 0 Å². The van der Waals surface area contributed by atoms with Gasteiger partial charge >= 0.3 is 0 Å². The van der Waals surface area contributed by atoms with Crippen LogP contribution in [0.4, 0.5) is 5.69 Å². The van der Waals surface area contributed by atoms with Gasteiger partial charge in [-0.2, -0.15) is 0 Å². The third kappa shape index (κ3) is 3.20. The molecule has 0 aliphatic carbocycles. The summed E-state index contributed by atoms with van der Waals surface area (Å²) in [6, 6.07) is 9.04. The smallest absolute Gasteiger partial charge is 0.124 e.